The molecule has 0 unspecified atom stereocenters. The van der Waals surface area contributed by atoms with Crippen LogP contribution in [0.3, 0.4) is 0 Å². The molecular weight excluding hydrogens is 200 g/mol. The predicted molar refractivity (Wildman–Crippen MR) is 68.3 cm³/mol. The highest BCUT2D eigenvalue weighted by atomic mass is 16.5. The molecule has 2 nitrogen and oxygen atoms in total. The van der Waals surface area contributed by atoms with E-state index in [1.807, 2.05) is 0 Å². The average molecular weight is 224 g/mol. The molecule has 0 saturated heterocycles. The Morgan fingerprint density at radius 3 is 2.50 bits per heavy atom. The van der Waals surface area contributed by atoms with Crippen LogP contribution in [0.4, 0.5) is 0 Å². The molecule has 92 valence electrons. The summed E-state index contributed by atoms with van der Waals surface area (Å²) in [5.41, 5.74) is 0. The Hall–Kier alpha value is -1.05. The summed E-state index contributed by atoms with van der Waals surface area (Å²) in [6.07, 6.45) is 15.4. The third kappa shape index (κ3) is 12.9. The minimum atomic E-state index is -0.178. The van der Waals surface area contributed by atoms with Gasteiger partial charge in [0.1, 0.15) is 0 Å². The van der Waals surface area contributed by atoms with Gasteiger partial charge in [0.05, 0.1) is 6.61 Å². The molecule has 0 aromatic heterocycles. The van der Waals surface area contributed by atoms with E-state index in [1.54, 1.807) is 0 Å². The van der Waals surface area contributed by atoms with Crippen LogP contribution in [0.2, 0.25) is 0 Å². The van der Waals surface area contributed by atoms with Crippen LogP contribution in [0.15, 0.2) is 24.3 Å². The molecule has 0 fully saturated rings. The van der Waals surface area contributed by atoms with E-state index in [4.69, 9.17) is 4.74 Å². The zero-order chi connectivity index (χ0) is 12.1. The third-order valence-corrected chi connectivity index (χ3v) is 2.16. The summed E-state index contributed by atoms with van der Waals surface area (Å²) in [6, 6.07) is 0. The van der Waals surface area contributed by atoms with Crippen molar-refractivity contribution in [1.29, 1.82) is 0 Å². The molecule has 0 bridgehead atoms. The van der Waals surface area contributed by atoms with Gasteiger partial charge in [0.15, 0.2) is 0 Å². The van der Waals surface area contributed by atoms with Crippen molar-refractivity contribution >= 4 is 5.97 Å². The van der Waals surface area contributed by atoms with E-state index < -0.39 is 0 Å². The van der Waals surface area contributed by atoms with Crippen molar-refractivity contribution in [2.45, 2.75) is 52.4 Å². The summed E-state index contributed by atoms with van der Waals surface area (Å²) in [5.74, 6) is -0.178. The largest absolute Gasteiger partial charge is 0.466 e. The predicted octanol–water partition coefficient (Wildman–Crippen LogP) is 4.02. The van der Waals surface area contributed by atoms with Crippen LogP contribution in [0.25, 0.3) is 0 Å². The number of ether oxygens (including phenoxy) is 1. The fraction of sp³-hybridized carbons (Fsp3) is 0.643. The smallest absolute Gasteiger partial charge is 0.302 e. The number of rotatable bonds is 9. The first-order valence-corrected chi connectivity index (χ1v) is 6.20. The van der Waals surface area contributed by atoms with Crippen LogP contribution in [-0.2, 0) is 9.53 Å². The summed E-state index contributed by atoms with van der Waals surface area (Å²) in [6.45, 7) is 4.16. The zero-order valence-electron chi connectivity index (χ0n) is 10.6. The second-order valence-electron chi connectivity index (χ2n) is 3.78. The minimum absolute atomic E-state index is 0.178. The Balaban J connectivity index is 3.14. The lowest BCUT2D eigenvalue weighted by molar-refractivity contribution is -0.141. The second-order valence-corrected chi connectivity index (χ2v) is 3.78. The summed E-state index contributed by atoms with van der Waals surface area (Å²) >= 11 is 0. The van der Waals surface area contributed by atoms with Gasteiger partial charge >= 0.3 is 5.97 Å². The van der Waals surface area contributed by atoms with Crippen LogP contribution in [0.5, 0.6) is 0 Å². The molecule has 0 aromatic rings. The molecule has 0 rings (SSSR count). The summed E-state index contributed by atoms with van der Waals surface area (Å²) < 4.78 is 4.85. The van der Waals surface area contributed by atoms with Gasteiger partial charge in [0, 0.05) is 6.92 Å². The van der Waals surface area contributed by atoms with Crippen molar-refractivity contribution in [2.75, 3.05) is 6.61 Å². The van der Waals surface area contributed by atoms with E-state index in [2.05, 4.69) is 31.2 Å². The van der Waals surface area contributed by atoms with Gasteiger partial charge in [0.2, 0.25) is 0 Å². The van der Waals surface area contributed by atoms with E-state index >= 15 is 0 Å². The average Bonchev–Trinajstić information content (AvgIpc) is 2.25. The summed E-state index contributed by atoms with van der Waals surface area (Å²) in [5, 5.41) is 0. The fourth-order valence-electron chi connectivity index (χ4n) is 1.31. The molecule has 0 aliphatic rings. The highest BCUT2D eigenvalue weighted by molar-refractivity contribution is 5.65. The maximum atomic E-state index is 10.5. The van der Waals surface area contributed by atoms with Gasteiger partial charge < -0.3 is 4.74 Å². The Labute approximate surface area is 99.4 Å². The first-order valence-electron chi connectivity index (χ1n) is 6.20. The molecule has 0 aromatic carbocycles. The van der Waals surface area contributed by atoms with E-state index in [1.165, 1.54) is 13.3 Å². The number of hydrogen-bond donors (Lipinski definition) is 0. The maximum Gasteiger partial charge on any atom is 0.302 e. The van der Waals surface area contributed by atoms with Gasteiger partial charge in [-0.1, -0.05) is 31.2 Å². The standard InChI is InChI=1S/C14H24O2/c1-3-4-5-6-7-8-9-10-11-12-13-16-14(2)15/h4-5,7-8H,3,6,9-13H2,1-2H3/b5-4-,8-7-. The third-order valence-electron chi connectivity index (χ3n) is 2.16. The lowest BCUT2D eigenvalue weighted by atomic mass is 10.2. The summed E-state index contributed by atoms with van der Waals surface area (Å²) in [7, 11) is 0. The van der Waals surface area contributed by atoms with Crippen molar-refractivity contribution in [2.24, 2.45) is 0 Å². The van der Waals surface area contributed by atoms with Gasteiger partial charge in [-0.25, -0.2) is 0 Å². The lowest BCUT2D eigenvalue weighted by Gasteiger charge is -2.00. The molecule has 0 amide bonds. The molecule has 2 heteroatoms. The number of carbonyl (C=O) groups excluding carboxylic acids is 1. The molecule has 16 heavy (non-hydrogen) atoms. The normalized spacial score (nSPS) is 11.4. The van der Waals surface area contributed by atoms with Crippen LogP contribution < -0.4 is 0 Å². The molecule has 0 radical (unpaired) electrons. The van der Waals surface area contributed by atoms with E-state index in [0.717, 1.165) is 32.1 Å². The molecule has 0 aliphatic heterocycles. The van der Waals surface area contributed by atoms with Crippen molar-refractivity contribution in [3.8, 4) is 0 Å². The maximum absolute atomic E-state index is 10.5. The van der Waals surface area contributed by atoms with Gasteiger partial charge in [-0.15, -0.1) is 0 Å². The molecule has 0 spiro atoms. The number of carbonyl (C=O) groups is 1. The first kappa shape index (κ1) is 14.9. The number of unbranched alkanes of at least 4 members (excludes halogenated alkanes) is 3. The van der Waals surface area contributed by atoms with E-state index in [-0.39, 0.29) is 5.97 Å². The van der Waals surface area contributed by atoms with Crippen molar-refractivity contribution < 1.29 is 9.53 Å². The van der Waals surface area contributed by atoms with Crippen molar-refractivity contribution in [1.82, 2.24) is 0 Å². The van der Waals surface area contributed by atoms with Crippen LogP contribution in [0.1, 0.15) is 52.4 Å². The Kier molecular flexibility index (Phi) is 11.2. The quantitative estimate of drug-likeness (QED) is 0.336. The van der Waals surface area contributed by atoms with Gasteiger partial charge in [0.25, 0.3) is 0 Å². The van der Waals surface area contributed by atoms with Crippen LogP contribution in [-0.4, -0.2) is 12.6 Å². The van der Waals surface area contributed by atoms with E-state index in [0.29, 0.717) is 6.61 Å². The topological polar surface area (TPSA) is 26.3 Å². The summed E-state index contributed by atoms with van der Waals surface area (Å²) in [4.78, 5) is 10.5. The second kappa shape index (κ2) is 12.0. The Bertz CT molecular complexity index is 217. The fourth-order valence-corrected chi connectivity index (χ4v) is 1.31. The van der Waals surface area contributed by atoms with E-state index in [9.17, 15) is 4.79 Å². The highest BCUT2D eigenvalue weighted by Gasteiger charge is 1.91. The van der Waals surface area contributed by atoms with Gasteiger partial charge in [-0.05, 0) is 38.5 Å². The lowest BCUT2D eigenvalue weighted by Crippen LogP contribution is -1.99. The highest BCUT2D eigenvalue weighted by Crippen LogP contribution is 2.02. The minimum Gasteiger partial charge on any atom is -0.466 e. The van der Waals surface area contributed by atoms with Crippen LogP contribution >= 0.6 is 0 Å². The van der Waals surface area contributed by atoms with Gasteiger partial charge in [-0.2, -0.15) is 0 Å². The SMILES string of the molecule is CC/C=C\C/C=C\CCCCCOC(C)=O. The molecule has 0 heterocycles. The molecule has 0 saturated carbocycles. The number of esters is 1. The Morgan fingerprint density at radius 1 is 1.06 bits per heavy atom. The van der Waals surface area contributed by atoms with Crippen LogP contribution in [0, 0.1) is 0 Å². The van der Waals surface area contributed by atoms with Gasteiger partial charge in [-0.3, -0.25) is 4.79 Å². The Morgan fingerprint density at radius 2 is 1.81 bits per heavy atom. The number of allylic oxidation sites excluding steroid dienone is 4. The molecule has 0 atom stereocenters. The van der Waals surface area contributed by atoms with Crippen molar-refractivity contribution in [3.05, 3.63) is 24.3 Å². The zero-order valence-corrected chi connectivity index (χ0v) is 10.6. The first-order chi connectivity index (χ1) is 7.77. The monoisotopic (exact) mass is 224 g/mol. The van der Waals surface area contributed by atoms with Crippen molar-refractivity contribution in [3.63, 3.8) is 0 Å². The molecule has 0 N–H and O–H groups in total. The molecule has 0 aliphatic carbocycles. The number of hydrogen-bond acceptors (Lipinski definition) is 2. The molecular formula is C14H24O2.